The average Bonchev–Trinajstić information content (AvgIpc) is 3.35. The van der Waals surface area contributed by atoms with Gasteiger partial charge in [0.15, 0.2) is 0 Å². The van der Waals surface area contributed by atoms with Crippen LogP contribution in [0.5, 0.6) is 0 Å². The normalized spacial score (nSPS) is 32.6. The average molecular weight is 502 g/mol. The number of hydrogen-bond acceptors (Lipinski definition) is 5. The van der Waals surface area contributed by atoms with Crippen LogP contribution >= 0.6 is 11.8 Å². The molecule has 1 spiro atoms. The second kappa shape index (κ2) is 9.43. The summed E-state index contributed by atoms with van der Waals surface area (Å²) in [6, 6.07) is 8.09. The van der Waals surface area contributed by atoms with Crippen molar-refractivity contribution in [2.75, 3.05) is 11.9 Å². The highest BCUT2D eigenvalue weighted by Crippen LogP contribution is 2.69. The number of carbonyl (C=O) groups excluding carboxylic acids is 3. The van der Waals surface area contributed by atoms with E-state index in [1.165, 1.54) is 0 Å². The second-order valence-electron chi connectivity index (χ2n) is 11.9. The molecular formula is C27H39N3O4S. The molecule has 3 N–H and O–H groups in total. The fraction of sp³-hybridized carbons (Fsp3) is 0.667. The highest BCUT2D eigenvalue weighted by Gasteiger charge is 2.76. The van der Waals surface area contributed by atoms with Crippen LogP contribution in [0.2, 0.25) is 0 Å². The van der Waals surface area contributed by atoms with Crippen molar-refractivity contribution in [3.05, 3.63) is 30.3 Å². The third-order valence-electron chi connectivity index (χ3n) is 7.62. The van der Waals surface area contributed by atoms with E-state index >= 15 is 0 Å². The molecule has 8 heteroatoms. The first-order chi connectivity index (χ1) is 16.4. The van der Waals surface area contributed by atoms with E-state index in [4.69, 9.17) is 0 Å². The van der Waals surface area contributed by atoms with Crippen molar-refractivity contribution in [1.29, 1.82) is 0 Å². The molecular weight excluding hydrogens is 462 g/mol. The number of aliphatic hydroxyl groups excluding tert-OH is 1. The van der Waals surface area contributed by atoms with Crippen LogP contribution in [0.3, 0.4) is 0 Å². The third-order valence-corrected chi connectivity index (χ3v) is 9.70. The van der Waals surface area contributed by atoms with E-state index in [0.29, 0.717) is 12.1 Å². The van der Waals surface area contributed by atoms with Crippen molar-refractivity contribution in [2.45, 2.75) is 82.0 Å². The summed E-state index contributed by atoms with van der Waals surface area (Å²) in [5.41, 5.74) is 0.228. The lowest BCUT2D eigenvalue weighted by molar-refractivity contribution is -0.142. The Labute approximate surface area is 212 Å². The molecule has 3 heterocycles. The third kappa shape index (κ3) is 4.48. The lowest BCUT2D eigenvalue weighted by Crippen LogP contribution is -2.60. The zero-order chi connectivity index (χ0) is 25.7. The van der Waals surface area contributed by atoms with Gasteiger partial charge in [0.1, 0.15) is 6.04 Å². The molecule has 1 aromatic carbocycles. The largest absolute Gasteiger partial charge is 0.394 e. The number of benzene rings is 1. The van der Waals surface area contributed by atoms with E-state index in [9.17, 15) is 19.5 Å². The number of thioether (sulfide) groups is 1. The molecule has 3 saturated heterocycles. The summed E-state index contributed by atoms with van der Waals surface area (Å²) < 4.78 is -0.694. The first-order valence-electron chi connectivity index (χ1n) is 12.7. The van der Waals surface area contributed by atoms with Crippen LogP contribution in [0.1, 0.15) is 54.4 Å². The van der Waals surface area contributed by atoms with E-state index in [1.807, 2.05) is 65.0 Å². The van der Waals surface area contributed by atoms with E-state index in [0.717, 1.165) is 6.42 Å². The lowest BCUT2D eigenvalue weighted by Gasteiger charge is -2.41. The monoisotopic (exact) mass is 501 g/mol. The van der Waals surface area contributed by atoms with Crippen molar-refractivity contribution in [3.63, 3.8) is 0 Å². The number of carbonyl (C=O) groups is 3. The van der Waals surface area contributed by atoms with Gasteiger partial charge in [-0.2, -0.15) is 0 Å². The Hall–Kier alpha value is -2.06. The first kappa shape index (κ1) is 26.0. The van der Waals surface area contributed by atoms with Gasteiger partial charge in [0, 0.05) is 16.5 Å². The van der Waals surface area contributed by atoms with Crippen molar-refractivity contribution in [2.24, 2.45) is 23.7 Å². The first-order valence-corrected chi connectivity index (χ1v) is 13.6. The molecule has 3 amide bonds. The van der Waals surface area contributed by atoms with Crippen LogP contribution < -0.4 is 10.6 Å². The molecule has 0 radical (unpaired) electrons. The van der Waals surface area contributed by atoms with Crippen LogP contribution in [-0.4, -0.2) is 62.0 Å². The molecule has 7 atom stereocenters. The van der Waals surface area contributed by atoms with E-state index in [1.54, 1.807) is 16.7 Å². The molecule has 4 rings (SSSR count). The molecule has 3 aliphatic heterocycles. The lowest BCUT2D eigenvalue weighted by atomic mass is 9.65. The van der Waals surface area contributed by atoms with Gasteiger partial charge in [0.25, 0.3) is 0 Å². The Balaban J connectivity index is 1.76. The number of hydrogen-bond donors (Lipinski definition) is 3. The Morgan fingerprint density at radius 1 is 1.20 bits per heavy atom. The standard InChI is InChI=1S/C27H39N3O4S/c1-15(2)12-18(14-31)30-22(24(33)29-26(4,5)6)27-16(3)13-19(35-27)20(21(27)25(30)34)23(32)28-17-10-8-7-9-11-17/h7-11,15-16,18-22,31H,12-14H2,1-6H3,(H,28,32)(H,29,33)/t16?,18-,19+,20-,21+,22?,27?/m1/s1. The predicted octanol–water partition coefficient (Wildman–Crippen LogP) is 3.28. The summed E-state index contributed by atoms with van der Waals surface area (Å²) in [7, 11) is 0. The SMILES string of the molecule is CC(C)C[C@H](CO)N1C(=O)[C@@H]2[C@H](C(=O)Nc3ccccc3)[C@@H]3CC(C)C2(S3)C1C(=O)NC(C)(C)C. The van der Waals surface area contributed by atoms with Gasteiger partial charge in [-0.1, -0.05) is 39.0 Å². The summed E-state index contributed by atoms with van der Waals surface area (Å²) in [5, 5.41) is 16.4. The van der Waals surface area contributed by atoms with Gasteiger partial charge in [0.2, 0.25) is 17.7 Å². The minimum absolute atomic E-state index is 0.0209. The summed E-state index contributed by atoms with van der Waals surface area (Å²) in [6.45, 7) is 11.8. The summed E-state index contributed by atoms with van der Waals surface area (Å²) in [4.78, 5) is 43.3. The molecule has 1 aromatic rings. The maximum atomic E-state index is 14.2. The van der Waals surface area contributed by atoms with Gasteiger partial charge in [-0.05, 0) is 57.6 Å². The number of likely N-dealkylation sites (tertiary alicyclic amines) is 1. The van der Waals surface area contributed by atoms with Crippen molar-refractivity contribution in [3.8, 4) is 0 Å². The Morgan fingerprint density at radius 3 is 2.43 bits per heavy atom. The van der Waals surface area contributed by atoms with Crippen LogP contribution in [-0.2, 0) is 14.4 Å². The fourth-order valence-electron chi connectivity index (χ4n) is 6.46. The Morgan fingerprint density at radius 2 is 1.86 bits per heavy atom. The number of rotatable bonds is 7. The molecule has 0 aromatic heterocycles. The molecule has 3 aliphatic rings. The van der Waals surface area contributed by atoms with Gasteiger partial charge in [-0.15, -0.1) is 11.8 Å². The number of anilines is 1. The topological polar surface area (TPSA) is 98.7 Å². The Bertz CT molecular complexity index is 978. The number of nitrogens with one attached hydrogen (secondary N) is 2. The van der Waals surface area contributed by atoms with Crippen molar-refractivity contribution < 1.29 is 19.5 Å². The number of aliphatic hydroxyl groups is 1. The number of fused-ring (bicyclic) bond motifs is 1. The molecule has 192 valence electrons. The summed E-state index contributed by atoms with van der Waals surface area (Å²) >= 11 is 1.66. The van der Waals surface area contributed by atoms with Gasteiger partial charge in [0.05, 0.1) is 29.2 Å². The van der Waals surface area contributed by atoms with Crippen LogP contribution in [0.4, 0.5) is 5.69 Å². The molecule has 7 nitrogen and oxygen atoms in total. The minimum Gasteiger partial charge on any atom is -0.394 e. The molecule has 0 aliphatic carbocycles. The minimum atomic E-state index is -0.727. The highest BCUT2D eigenvalue weighted by atomic mass is 32.2. The van der Waals surface area contributed by atoms with Crippen LogP contribution in [0, 0.1) is 23.7 Å². The smallest absolute Gasteiger partial charge is 0.244 e. The van der Waals surface area contributed by atoms with Gasteiger partial charge < -0.3 is 20.6 Å². The summed E-state index contributed by atoms with van der Waals surface area (Å²) in [6.07, 6.45) is 1.37. The fourth-order valence-corrected chi connectivity index (χ4v) is 8.87. The van der Waals surface area contributed by atoms with Crippen molar-refractivity contribution >= 4 is 35.2 Å². The second-order valence-corrected chi connectivity index (χ2v) is 13.4. The number of amides is 3. The van der Waals surface area contributed by atoms with Gasteiger partial charge in [-0.3, -0.25) is 14.4 Å². The zero-order valence-electron chi connectivity index (χ0n) is 21.6. The van der Waals surface area contributed by atoms with E-state index in [2.05, 4.69) is 17.6 Å². The van der Waals surface area contributed by atoms with Gasteiger partial charge in [-0.25, -0.2) is 0 Å². The zero-order valence-corrected chi connectivity index (χ0v) is 22.4. The maximum Gasteiger partial charge on any atom is 0.244 e. The Kier molecular flexibility index (Phi) is 7.01. The van der Waals surface area contributed by atoms with E-state index in [-0.39, 0.29) is 41.4 Å². The molecule has 35 heavy (non-hydrogen) atoms. The van der Waals surface area contributed by atoms with Crippen molar-refractivity contribution in [1.82, 2.24) is 10.2 Å². The van der Waals surface area contributed by atoms with E-state index < -0.39 is 34.2 Å². The maximum absolute atomic E-state index is 14.2. The molecule has 3 fully saturated rings. The van der Waals surface area contributed by atoms with Crippen LogP contribution in [0.25, 0.3) is 0 Å². The summed E-state index contributed by atoms with van der Waals surface area (Å²) in [5.74, 6) is -1.32. The van der Waals surface area contributed by atoms with Gasteiger partial charge >= 0.3 is 0 Å². The molecule has 2 bridgehead atoms. The molecule has 0 saturated carbocycles. The predicted molar refractivity (Wildman–Crippen MR) is 139 cm³/mol. The van der Waals surface area contributed by atoms with Crippen LogP contribution in [0.15, 0.2) is 30.3 Å². The quantitative estimate of drug-likeness (QED) is 0.533. The molecule has 3 unspecified atom stereocenters. The number of nitrogens with zero attached hydrogens (tertiary/aromatic N) is 1. The highest BCUT2D eigenvalue weighted by molar-refractivity contribution is 8.02. The number of para-hydroxylation sites is 1.